The topological polar surface area (TPSA) is 48.8 Å². The highest BCUT2D eigenvalue weighted by molar-refractivity contribution is 4.49. The second-order valence-electron chi connectivity index (χ2n) is 2.55. The molecule has 0 atom stereocenters. The number of hydrogen-bond donors (Lipinski definition) is 0. The van der Waals surface area contributed by atoms with Crippen LogP contribution >= 0.6 is 0 Å². The Kier molecular flexibility index (Phi) is 7.70. The highest BCUT2D eigenvalue weighted by atomic mass is 19.3. The van der Waals surface area contributed by atoms with Crippen molar-refractivity contribution in [3.8, 4) is 0 Å². The van der Waals surface area contributed by atoms with Gasteiger partial charge in [0, 0.05) is 17.9 Å². The zero-order chi connectivity index (χ0) is 9.23. The number of nitrogens with zero attached hydrogens (tertiary/aromatic N) is 3. The molecule has 0 aromatic carbocycles. The second-order valence-corrected chi connectivity index (χ2v) is 2.55. The molecular formula is C7H13F2N3. The number of hydrogen-bond acceptors (Lipinski definition) is 1. The average molecular weight is 177 g/mol. The molecule has 0 amide bonds. The number of alkyl halides is 2. The number of unbranched alkanes of at least 4 members (excludes halogenated alkanes) is 3. The average Bonchev–Trinajstić information content (AvgIpc) is 2.02. The minimum absolute atomic E-state index is 0.0124. The van der Waals surface area contributed by atoms with Gasteiger partial charge in [0.25, 0.3) is 0 Å². The van der Waals surface area contributed by atoms with Gasteiger partial charge in [0.2, 0.25) is 6.43 Å². The van der Waals surface area contributed by atoms with Crippen molar-refractivity contribution in [3.05, 3.63) is 10.4 Å². The second kappa shape index (κ2) is 8.27. The van der Waals surface area contributed by atoms with E-state index in [0.29, 0.717) is 13.0 Å². The number of halogens is 2. The summed E-state index contributed by atoms with van der Waals surface area (Å²) in [4.78, 5) is 2.59. The fourth-order valence-electron chi connectivity index (χ4n) is 0.879. The van der Waals surface area contributed by atoms with Gasteiger partial charge in [-0.25, -0.2) is 8.78 Å². The molecule has 12 heavy (non-hydrogen) atoms. The first-order valence-corrected chi connectivity index (χ1v) is 4.06. The SMILES string of the molecule is [N-]=[N+]=NCCCCCCC(F)F. The van der Waals surface area contributed by atoms with E-state index in [2.05, 4.69) is 10.0 Å². The molecule has 0 radical (unpaired) electrons. The Balaban J connectivity index is 2.95. The molecule has 0 N–H and O–H groups in total. The molecule has 0 fully saturated rings. The highest BCUT2D eigenvalue weighted by Crippen LogP contribution is 2.08. The van der Waals surface area contributed by atoms with Gasteiger partial charge in [-0.15, -0.1) is 0 Å². The predicted molar refractivity (Wildman–Crippen MR) is 43.1 cm³/mol. The molecule has 0 aromatic heterocycles. The van der Waals surface area contributed by atoms with Crippen LogP contribution in [-0.2, 0) is 0 Å². The van der Waals surface area contributed by atoms with Crippen molar-refractivity contribution < 1.29 is 8.78 Å². The van der Waals surface area contributed by atoms with Crippen LogP contribution in [0.4, 0.5) is 8.78 Å². The molecule has 0 aliphatic rings. The minimum atomic E-state index is -2.18. The van der Waals surface area contributed by atoms with Crippen molar-refractivity contribution in [2.24, 2.45) is 5.11 Å². The lowest BCUT2D eigenvalue weighted by molar-refractivity contribution is 0.134. The standard InChI is InChI=1S/C7H13F2N3/c8-7(9)5-3-1-2-4-6-11-12-10/h7H,1-6H2. The van der Waals surface area contributed by atoms with Crippen LogP contribution in [0.25, 0.3) is 10.4 Å². The van der Waals surface area contributed by atoms with Crippen LogP contribution < -0.4 is 0 Å². The quantitative estimate of drug-likeness (QED) is 0.247. The third-order valence-corrected chi connectivity index (χ3v) is 1.49. The van der Waals surface area contributed by atoms with Gasteiger partial charge in [-0.2, -0.15) is 0 Å². The van der Waals surface area contributed by atoms with Gasteiger partial charge in [-0.1, -0.05) is 18.0 Å². The van der Waals surface area contributed by atoms with Crippen LogP contribution in [-0.4, -0.2) is 13.0 Å². The molecule has 0 saturated carbocycles. The first-order valence-electron chi connectivity index (χ1n) is 4.06. The van der Waals surface area contributed by atoms with Crippen LogP contribution in [0.2, 0.25) is 0 Å². The molecule has 0 aliphatic carbocycles. The van der Waals surface area contributed by atoms with Crippen molar-refractivity contribution in [2.75, 3.05) is 6.54 Å². The molecule has 0 heterocycles. The first-order chi connectivity index (χ1) is 5.77. The maximum atomic E-state index is 11.6. The largest absolute Gasteiger partial charge is 0.238 e. The summed E-state index contributed by atoms with van der Waals surface area (Å²) in [6, 6.07) is 0. The monoisotopic (exact) mass is 177 g/mol. The summed E-state index contributed by atoms with van der Waals surface area (Å²) in [6.45, 7) is 0.477. The molecule has 0 unspecified atom stereocenters. The van der Waals surface area contributed by atoms with E-state index in [1.165, 1.54) is 0 Å². The maximum absolute atomic E-state index is 11.6. The highest BCUT2D eigenvalue weighted by Gasteiger charge is 2.00. The van der Waals surface area contributed by atoms with Crippen LogP contribution in [0, 0.1) is 0 Å². The van der Waals surface area contributed by atoms with Crippen LogP contribution in [0.5, 0.6) is 0 Å². The first kappa shape index (κ1) is 11.2. The Bertz CT molecular complexity index is 144. The summed E-state index contributed by atoms with van der Waals surface area (Å²) in [5.41, 5.74) is 7.90. The van der Waals surface area contributed by atoms with Gasteiger partial charge >= 0.3 is 0 Å². The Labute approximate surface area is 70.4 Å². The lowest BCUT2D eigenvalue weighted by Gasteiger charge is -1.98. The van der Waals surface area contributed by atoms with Crippen LogP contribution in [0.15, 0.2) is 5.11 Å². The van der Waals surface area contributed by atoms with Gasteiger partial charge < -0.3 is 0 Å². The Hall–Kier alpha value is -0.830. The fourth-order valence-corrected chi connectivity index (χ4v) is 0.879. The van der Waals surface area contributed by atoms with Crippen molar-refractivity contribution >= 4 is 0 Å². The zero-order valence-corrected chi connectivity index (χ0v) is 6.92. The zero-order valence-electron chi connectivity index (χ0n) is 6.92. The lowest BCUT2D eigenvalue weighted by Crippen LogP contribution is -1.89. The summed E-state index contributed by atoms with van der Waals surface area (Å²) in [7, 11) is 0. The molecule has 5 heteroatoms. The Morgan fingerprint density at radius 2 is 1.83 bits per heavy atom. The van der Waals surface area contributed by atoms with Gasteiger partial charge in [0.1, 0.15) is 0 Å². The van der Waals surface area contributed by atoms with Gasteiger partial charge in [-0.05, 0) is 18.4 Å². The Morgan fingerprint density at radius 1 is 1.17 bits per heavy atom. The van der Waals surface area contributed by atoms with Crippen molar-refractivity contribution in [1.29, 1.82) is 0 Å². The smallest absolute Gasteiger partial charge is 0.211 e. The lowest BCUT2D eigenvalue weighted by atomic mass is 10.1. The molecule has 0 bridgehead atoms. The van der Waals surface area contributed by atoms with Crippen molar-refractivity contribution in [3.63, 3.8) is 0 Å². The summed E-state index contributed by atoms with van der Waals surface area (Å²) in [5.74, 6) is 0. The molecular weight excluding hydrogens is 164 g/mol. The van der Waals surface area contributed by atoms with Gasteiger partial charge in [-0.3, -0.25) is 0 Å². The van der Waals surface area contributed by atoms with Crippen LogP contribution in [0.3, 0.4) is 0 Å². The normalized spacial score (nSPS) is 9.92. The molecule has 0 rings (SSSR count). The minimum Gasteiger partial charge on any atom is -0.211 e. The molecule has 3 nitrogen and oxygen atoms in total. The maximum Gasteiger partial charge on any atom is 0.238 e. The van der Waals surface area contributed by atoms with Gasteiger partial charge in [0.05, 0.1) is 0 Å². The molecule has 70 valence electrons. The van der Waals surface area contributed by atoms with E-state index >= 15 is 0 Å². The summed E-state index contributed by atoms with van der Waals surface area (Å²) < 4.78 is 23.2. The number of rotatable bonds is 7. The van der Waals surface area contributed by atoms with E-state index in [0.717, 1.165) is 19.3 Å². The van der Waals surface area contributed by atoms with Crippen molar-refractivity contribution in [1.82, 2.24) is 0 Å². The molecule has 0 spiro atoms. The molecule has 0 saturated heterocycles. The van der Waals surface area contributed by atoms with E-state index in [4.69, 9.17) is 5.53 Å². The summed E-state index contributed by atoms with van der Waals surface area (Å²) in [6.07, 6.45) is 0.835. The van der Waals surface area contributed by atoms with E-state index in [1.807, 2.05) is 0 Å². The number of azide groups is 1. The summed E-state index contributed by atoms with van der Waals surface area (Å²) >= 11 is 0. The third kappa shape index (κ3) is 9.17. The summed E-state index contributed by atoms with van der Waals surface area (Å²) in [5, 5.41) is 3.34. The van der Waals surface area contributed by atoms with E-state index < -0.39 is 6.43 Å². The molecule has 0 aliphatic heterocycles. The van der Waals surface area contributed by atoms with E-state index in [9.17, 15) is 8.78 Å². The van der Waals surface area contributed by atoms with E-state index in [1.54, 1.807) is 0 Å². The van der Waals surface area contributed by atoms with Crippen molar-refractivity contribution in [2.45, 2.75) is 38.5 Å². The molecule has 0 aromatic rings. The van der Waals surface area contributed by atoms with E-state index in [-0.39, 0.29) is 6.42 Å². The van der Waals surface area contributed by atoms with Gasteiger partial charge in [0.15, 0.2) is 0 Å². The Morgan fingerprint density at radius 3 is 2.42 bits per heavy atom. The predicted octanol–water partition coefficient (Wildman–Crippen LogP) is 3.51. The fraction of sp³-hybridized carbons (Fsp3) is 1.00. The third-order valence-electron chi connectivity index (χ3n) is 1.49. The van der Waals surface area contributed by atoms with Crippen LogP contribution in [0.1, 0.15) is 32.1 Å².